The minimum atomic E-state index is -3.02. The first-order valence-electron chi connectivity index (χ1n) is 8.50. The summed E-state index contributed by atoms with van der Waals surface area (Å²) in [4.78, 5) is 14.6. The quantitative estimate of drug-likeness (QED) is 0.694. The van der Waals surface area contributed by atoms with E-state index in [4.69, 9.17) is 4.52 Å². The van der Waals surface area contributed by atoms with E-state index in [0.717, 1.165) is 10.9 Å². The number of aromatic nitrogens is 1. The van der Waals surface area contributed by atoms with E-state index in [2.05, 4.69) is 5.16 Å². The highest BCUT2D eigenvalue weighted by Crippen LogP contribution is 2.35. The van der Waals surface area contributed by atoms with E-state index in [1.54, 1.807) is 23.1 Å². The molecule has 26 heavy (non-hydrogen) atoms. The van der Waals surface area contributed by atoms with Gasteiger partial charge in [-0.3, -0.25) is 4.79 Å². The number of nitrogens with zero attached hydrogens (tertiary/aromatic N) is 2. The number of carbonyl (C=O) groups is 1. The summed E-state index contributed by atoms with van der Waals surface area (Å²) in [6, 6.07) is 14.7. The molecule has 6 nitrogen and oxygen atoms in total. The molecule has 0 aliphatic carbocycles. The maximum atomic E-state index is 12.9. The summed E-state index contributed by atoms with van der Waals surface area (Å²) in [6.45, 7) is 0.291. The molecular formula is C19H16N2O4S. The number of likely N-dealkylation sites (tertiary alicyclic amines) is 1. The largest absolute Gasteiger partial charge is 0.355 e. The summed E-state index contributed by atoms with van der Waals surface area (Å²) in [5.74, 6) is 0.573. The molecule has 0 spiro atoms. The smallest absolute Gasteiger partial charge is 0.254 e. The fraction of sp³-hybridized carbons (Fsp3) is 0.263. The Kier molecular flexibility index (Phi) is 3.24. The first-order valence-corrected chi connectivity index (χ1v) is 10.2. The van der Waals surface area contributed by atoms with Crippen LogP contribution in [0.2, 0.25) is 0 Å². The van der Waals surface area contributed by atoms with Crippen molar-refractivity contribution in [2.45, 2.75) is 17.7 Å². The van der Waals surface area contributed by atoms with Gasteiger partial charge in [0.2, 0.25) is 0 Å². The number of rotatable bonds is 2. The predicted octanol–water partition coefficient (Wildman–Crippen LogP) is 2.51. The van der Waals surface area contributed by atoms with Gasteiger partial charge in [0.25, 0.3) is 5.91 Å². The summed E-state index contributed by atoms with van der Waals surface area (Å²) in [7, 11) is -3.02. The van der Waals surface area contributed by atoms with E-state index < -0.39 is 15.1 Å². The lowest BCUT2D eigenvalue weighted by Crippen LogP contribution is -2.44. The van der Waals surface area contributed by atoms with Crippen molar-refractivity contribution < 1.29 is 17.7 Å². The van der Waals surface area contributed by atoms with E-state index in [9.17, 15) is 13.2 Å². The lowest BCUT2D eigenvalue weighted by Gasteiger charge is -2.26. The molecule has 3 heterocycles. The molecule has 2 aromatic carbocycles. The molecule has 5 rings (SSSR count). The Balaban J connectivity index is 1.51. The highest BCUT2D eigenvalue weighted by molar-refractivity contribution is 7.92. The van der Waals surface area contributed by atoms with Crippen LogP contribution in [0.25, 0.3) is 22.2 Å². The number of carbonyl (C=O) groups excluding carboxylic acids is 1. The van der Waals surface area contributed by atoms with Crippen LogP contribution < -0.4 is 0 Å². The molecule has 0 N–H and O–H groups in total. The molecule has 2 fully saturated rings. The Bertz CT molecular complexity index is 1120. The van der Waals surface area contributed by atoms with Gasteiger partial charge in [0, 0.05) is 23.7 Å². The number of fused-ring (bicyclic) bond motifs is 3. The zero-order valence-electron chi connectivity index (χ0n) is 13.8. The van der Waals surface area contributed by atoms with Crippen molar-refractivity contribution in [2.75, 3.05) is 12.3 Å². The standard InChI is InChI=1S/C19H16N2O4S/c22-19(21-10-15-9-14(21)11-26(15,23)24)13-6-7-17-16(8-13)18(25-20-17)12-4-2-1-3-5-12/h1-8,14-15H,9-11H2. The average molecular weight is 368 g/mol. The fourth-order valence-corrected chi connectivity index (χ4v) is 6.01. The summed E-state index contributed by atoms with van der Waals surface area (Å²) in [5, 5.41) is 4.44. The predicted molar refractivity (Wildman–Crippen MR) is 96.5 cm³/mol. The van der Waals surface area contributed by atoms with Crippen molar-refractivity contribution in [3.8, 4) is 11.3 Å². The van der Waals surface area contributed by atoms with Gasteiger partial charge in [0.05, 0.1) is 16.4 Å². The van der Waals surface area contributed by atoms with Gasteiger partial charge in [-0.15, -0.1) is 0 Å². The van der Waals surface area contributed by atoms with Gasteiger partial charge in [-0.05, 0) is 24.6 Å². The van der Waals surface area contributed by atoms with Crippen LogP contribution in [0, 0.1) is 0 Å². The van der Waals surface area contributed by atoms with Crippen molar-refractivity contribution in [1.82, 2.24) is 10.1 Å². The third kappa shape index (κ3) is 2.27. The summed E-state index contributed by atoms with van der Waals surface area (Å²) < 4.78 is 29.3. The molecular weight excluding hydrogens is 352 g/mol. The van der Waals surface area contributed by atoms with E-state index in [-0.39, 0.29) is 17.7 Å². The van der Waals surface area contributed by atoms with Crippen LogP contribution in [-0.2, 0) is 9.84 Å². The molecule has 2 saturated heterocycles. The molecule has 0 saturated carbocycles. The average Bonchev–Trinajstić information content (AvgIpc) is 3.32. The van der Waals surface area contributed by atoms with Crippen molar-refractivity contribution in [3.05, 3.63) is 54.1 Å². The molecule has 1 aromatic heterocycles. The third-order valence-electron chi connectivity index (χ3n) is 5.33. The zero-order valence-corrected chi connectivity index (χ0v) is 14.6. The summed E-state index contributed by atoms with van der Waals surface area (Å²) >= 11 is 0. The second-order valence-electron chi connectivity index (χ2n) is 6.91. The van der Waals surface area contributed by atoms with Gasteiger partial charge in [-0.1, -0.05) is 35.5 Å². The highest BCUT2D eigenvalue weighted by Gasteiger charge is 2.50. The van der Waals surface area contributed by atoms with E-state index >= 15 is 0 Å². The van der Waals surface area contributed by atoms with Crippen LogP contribution in [0.3, 0.4) is 0 Å². The van der Waals surface area contributed by atoms with Gasteiger partial charge in [-0.25, -0.2) is 8.42 Å². The molecule has 2 aliphatic heterocycles. The van der Waals surface area contributed by atoms with Crippen LogP contribution in [0.4, 0.5) is 0 Å². The van der Waals surface area contributed by atoms with Crippen molar-refractivity contribution in [3.63, 3.8) is 0 Å². The second kappa shape index (κ2) is 5.41. The molecule has 1 amide bonds. The van der Waals surface area contributed by atoms with E-state index in [1.165, 1.54) is 0 Å². The minimum absolute atomic E-state index is 0.0776. The highest BCUT2D eigenvalue weighted by atomic mass is 32.2. The lowest BCUT2D eigenvalue weighted by atomic mass is 10.1. The number of hydrogen-bond donors (Lipinski definition) is 0. The van der Waals surface area contributed by atoms with Crippen molar-refractivity contribution in [1.29, 1.82) is 0 Å². The summed E-state index contributed by atoms with van der Waals surface area (Å²) in [6.07, 6.45) is 0.554. The number of amides is 1. The Morgan fingerprint density at radius 2 is 1.96 bits per heavy atom. The van der Waals surface area contributed by atoms with E-state index in [1.807, 2.05) is 30.3 Å². The Morgan fingerprint density at radius 3 is 2.65 bits per heavy atom. The molecule has 2 bridgehead atoms. The van der Waals surface area contributed by atoms with Crippen LogP contribution in [0.5, 0.6) is 0 Å². The van der Waals surface area contributed by atoms with Crippen LogP contribution in [0.15, 0.2) is 53.1 Å². The Hall–Kier alpha value is -2.67. The summed E-state index contributed by atoms with van der Waals surface area (Å²) in [5.41, 5.74) is 2.11. The van der Waals surface area contributed by atoms with Gasteiger partial charge >= 0.3 is 0 Å². The SMILES string of the molecule is O=C(c1ccc2noc(-c3ccccc3)c2c1)N1CC2CC1CS2(=O)=O. The minimum Gasteiger partial charge on any atom is -0.355 e. The maximum Gasteiger partial charge on any atom is 0.254 e. The lowest BCUT2D eigenvalue weighted by molar-refractivity contribution is 0.0746. The van der Waals surface area contributed by atoms with Gasteiger partial charge in [0.15, 0.2) is 15.6 Å². The van der Waals surface area contributed by atoms with Gasteiger partial charge in [-0.2, -0.15) is 0 Å². The number of hydrogen-bond acceptors (Lipinski definition) is 5. The third-order valence-corrected chi connectivity index (χ3v) is 7.54. The van der Waals surface area contributed by atoms with Crippen LogP contribution in [0.1, 0.15) is 16.8 Å². The van der Waals surface area contributed by atoms with Gasteiger partial charge in [0.1, 0.15) is 5.52 Å². The Labute approximate surface area is 150 Å². The fourth-order valence-electron chi connectivity index (χ4n) is 3.98. The topological polar surface area (TPSA) is 80.5 Å². The molecule has 3 aromatic rings. The first-order chi connectivity index (χ1) is 12.5. The molecule has 7 heteroatoms. The normalized spacial score (nSPS) is 23.6. The second-order valence-corrected chi connectivity index (χ2v) is 9.23. The van der Waals surface area contributed by atoms with Crippen molar-refractivity contribution in [2.24, 2.45) is 0 Å². The van der Waals surface area contributed by atoms with Crippen LogP contribution >= 0.6 is 0 Å². The molecule has 132 valence electrons. The Morgan fingerprint density at radius 1 is 1.15 bits per heavy atom. The first kappa shape index (κ1) is 15.6. The maximum absolute atomic E-state index is 12.9. The van der Waals surface area contributed by atoms with E-state index in [0.29, 0.717) is 29.8 Å². The zero-order chi connectivity index (χ0) is 17.9. The molecule has 2 atom stereocenters. The molecule has 2 aliphatic rings. The number of sulfone groups is 1. The van der Waals surface area contributed by atoms with Crippen LogP contribution in [-0.4, -0.2) is 48.0 Å². The van der Waals surface area contributed by atoms with Gasteiger partial charge < -0.3 is 9.42 Å². The molecule has 0 radical (unpaired) electrons. The number of benzene rings is 2. The monoisotopic (exact) mass is 368 g/mol. The molecule has 2 unspecified atom stereocenters. The van der Waals surface area contributed by atoms with Crippen molar-refractivity contribution >= 4 is 26.6 Å².